The zero-order valence-electron chi connectivity index (χ0n) is 10.3. The smallest absolute Gasteiger partial charge is 0.0927 e. The number of nitrogens with zero attached hydrogens (tertiary/aromatic N) is 2. The van der Waals surface area contributed by atoms with Crippen molar-refractivity contribution in [3.8, 4) is 0 Å². The largest absolute Gasteiger partial charge is 0.398 e. The van der Waals surface area contributed by atoms with Gasteiger partial charge < -0.3 is 10.8 Å². The number of aliphatic hydroxyl groups is 1. The number of nitrogen functional groups attached to an aromatic ring is 1. The van der Waals surface area contributed by atoms with Gasteiger partial charge in [0.05, 0.1) is 11.1 Å². The molecular formula is C13H18N3O. The molecule has 0 aliphatic carbocycles. The molecular weight excluding hydrogens is 214 g/mol. The summed E-state index contributed by atoms with van der Waals surface area (Å²) in [4.78, 5) is 0. The number of anilines is 1. The quantitative estimate of drug-likeness (QED) is 0.795. The monoisotopic (exact) mass is 232 g/mol. The molecule has 0 bridgehead atoms. The van der Waals surface area contributed by atoms with Crippen LogP contribution in [0.3, 0.4) is 0 Å². The minimum atomic E-state index is -0.672. The van der Waals surface area contributed by atoms with Crippen molar-refractivity contribution in [1.29, 1.82) is 0 Å². The Morgan fingerprint density at radius 3 is 2.82 bits per heavy atom. The molecule has 2 rings (SSSR count). The van der Waals surface area contributed by atoms with Gasteiger partial charge in [0.25, 0.3) is 0 Å². The lowest BCUT2D eigenvalue weighted by atomic mass is 10.1. The molecule has 4 nitrogen and oxygen atoms in total. The highest BCUT2D eigenvalue weighted by atomic mass is 16.3. The van der Waals surface area contributed by atoms with Crippen LogP contribution in [0.4, 0.5) is 5.69 Å². The Bertz CT molecular complexity index is 498. The number of hydrogen-bond donors (Lipinski definition) is 2. The van der Waals surface area contributed by atoms with E-state index in [-0.39, 0.29) is 0 Å². The summed E-state index contributed by atoms with van der Waals surface area (Å²) in [6.45, 7) is 8.12. The predicted octanol–water partition coefficient (Wildman–Crippen LogP) is 1.96. The van der Waals surface area contributed by atoms with E-state index in [1.165, 1.54) is 0 Å². The van der Waals surface area contributed by atoms with Crippen molar-refractivity contribution in [2.45, 2.75) is 32.4 Å². The number of hydrogen-bond acceptors (Lipinski definition) is 3. The molecule has 4 heteroatoms. The van der Waals surface area contributed by atoms with Crippen LogP contribution in [0.15, 0.2) is 18.3 Å². The number of aryl methyl sites for hydroxylation is 1. The average molecular weight is 232 g/mol. The Morgan fingerprint density at radius 2 is 2.18 bits per heavy atom. The van der Waals surface area contributed by atoms with Crippen molar-refractivity contribution in [2.24, 2.45) is 0 Å². The fraction of sp³-hybridized carbons (Fsp3) is 0.385. The maximum atomic E-state index is 9.67. The van der Waals surface area contributed by atoms with E-state index >= 15 is 0 Å². The molecule has 1 radical (unpaired) electrons. The molecule has 0 aliphatic heterocycles. The first-order chi connectivity index (χ1) is 7.85. The van der Waals surface area contributed by atoms with Gasteiger partial charge in [-0.1, -0.05) is 0 Å². The predicted molar refractivity (Wildman–Crippen MR) is 69.5 cm³/mol. The maximum absolute atomic E-state index is 9.67. The summed E-state index contributed by atoms with van der Waals surface area (Å²) in [5.41, 5.74) is 7.49. The van der Waals surface area contributed by atoms with Crippen molar-refractivity contribution < 1.29 is 5.11 Å². The van der Waals surface area contributed by atoms with Gasteiger partial charge in [-0.15, -0.1) is 0 Å². The first-order valence-corrected chi connectivity index (χ1v) is 5.66. The van der Waals surface area contributed by atoms with Crippen molar-refractivity contribution in [3.05, 3.63) is 30.8 Å². The summed E-state index contributed by atoms with van der Waals surface area (Å²) in [5, 5.41) is 15.1. The van der Waals surface area contributed by atoms with Gasteiger partial charge in [-0.3, -0.25) is 4.68 Å². The third-order valence-electron chi connectivity index (χ3n) is 2.77. The molecule has 1 aromatic carbocycles. The van der Waals surface area contributed by atoms with Crippen LogP contribution in [-0.2, 0) is 6.54 Å². The van der Waals surface area contributed by atoms with Gasteiger partial charge in [0.1, 0.15) is 0 Å². The van der Waals surface area contributed by atoms with Gasteiger partial charge in [-0.05, 0) is 44.9 Å². The van der Waals surface area contributed by atoms with E-state index in [1.807, 2.05) is 23.0 Å². The summed E-state index contributed by atoms with van der Waals surface area (Å²) in [6.07, 6.45) is 2.60. The lowest BCUT2D eigenvalue weighted by Gasteiger charge is -2.16. The number of benzene rings is 1. The van der Waals surface area contributed by atoms with Crippen LogP contribution in [-0.4, -0.2) is 20.5 Å². The molecule has 0 unspecified atom stereocenters. The fourth-order valence-electron chi connectivity index (χ4n) is 1.69. The van der Waals surface area contributed by atoms with Crippen molar-refractivity contribution in [3.63, 3.8) is 0 Å². The molecule has 0 amide bonds. The summed E-state index contributed by atoms with van der Waals surface area (Å²) in [6, 6.07) is 3.76. The highest BCUT2D eigenvalue weighted by Crippen LogP contribution is 2.20. The molecule has 1 heterocycles. The Labute approximate surface area is 101 Å². The molecule has 0 saturated heterocycles. The summed E-state index contributed by atoms with van der Waals surface area (Å²) in [7, 11) is 0. The van der Waals surface area contributed by atoms with Gasteiger partial charge in [0, 0.05) is 23.8 Å². The first kappa shape index (κ1) is 11.9. The van der Waals surface area contributed by atoms with E-state index in [9.17, 15) is 5.11 Å². The van der Waals surface area contributed by atoms with E-state index in [2.05, 4.69) is 12.0 Å². The van der Waals surface area contributed by atoms with Gasteiger partial charge in [-0.2, -0.15) is 5.10 Å². The van der Waals surface area contributed by atoms with Gasteiger partial charge in [0.2, 0.25) is 0 Å². The van der Waals surface area contributed by atoms with Crippen molar-refractivity contribution >= 4 is 16.6 Å². The zero-order valence-corrected chi connectivity index (χ0v) is 10.3. The molecule has 0 atom stereocenters. The highest BCUT2D eigenvalue weighted by molar-refractivity contribution is 5.83. The Kier molecular flexibility index (Phi) is 2.83. The summed E-state index contributed by atoms with van der Waals surface area (Å²) >= 11 is 0. The lowest BCUT2D eigenvalue weighted by molar-refractivity contribution is 0.0651. The van der Waals surface area contributed by atoms with E-state index in [1.54, 1.807) is 13.8 Å². The van der Waals surface area contributed by atoms with Crippen LogP contribution in [0.2, 0.25) is 0 Å². The summed E-state index contributed by atoms with van der Waals surface area (Å²) in [5.74, 6) is 0. The normalized spacial score (nSPS) is 12.2. The average Bonchev–Trinajstić information content (AvgIpc) is 2.57. The molecule has 0 saturated carbocycles. The topological polar surface area (TPSA) is 64.1 Å². The van der Waals surface area contributed by atoms with Crippen LogP contribution < -0.4 is 5.73 Å². The first-order valence-electron chi connectivity index (χ1n) is 5.66. The number of nitrogens with two attached hydrogens (primary N) is 1. The van der Waals surface area contributed by atoms with Crippen LogP contribution in [0.25, 0.3) is 10.9 Å². The zero-order chi connectivity index (χ0) is 12.6. The van der Waals surface area contributed by atoms with Gasteiger partial charge >= 0.3 is 0 Å². The second-order valence-electron chi connectivity index (χ2n) is 5.06. The third-order valence-corrected chi connectivity index (χ3v) is 2.77. The lowest BCUT2D eigenvalue weighted by Crippen LogP contribution is -2.21. The van der Waals surface area contributed by atoms with Crippen molar-refractivity contribution in [1.82, 2.24) is 9.78 Å². The third kappa shape index (κ3) is 2.77. The maximum Gasteiger partial charge on any atom is 0.0927 e. The molecule has 0 spiro atoms. The molecule has 0 fully saturated rings. The van der Waals surface area contributed by atoms with Crippen LogP contribution in [0.5, 0.6) is 0 Å². The summed E-state index contributed by atoms with van der Waals surface area (Å²) < 4.78 is 1.83. The number of aromatic nitrogens is 2. The Hall–Kier alpha value is -1.55. The SMILES string of the molecule is [CH2]c1cc2nn(CCC(C)(C)O)cc2cc1N. The van der Waals surface area contributed by atoms with Crippen molar-refractivity contribution in [2.75, 3.05) is 5.73 Å². The molecule has 3 N–H and O–H groups in total. The minimum absolute atomic E-state index is 0.660. The minimum Gasteiger partial charge on any atom is -0.398 e. The van der Waals surface area contributed by atoms with Gasteiger partial charge in [0.15, 0.2) is 0 Å². The van der Waals surface area contributed by atoms with Crippen LogP contribution in [0, 0.1) is 6.92 Å². The van der Waals surface area contributed by atoms with E-state index < -0.39 is 5.60 Å². The Balaban J connectivity index is 2.26. The number of rotatable bonds is 3. The molecule has 2 aromatic rings. The van der Waals surface area contributed by atoms with Gasteiger partial charge in [-0.25, -0.2) is 0 Å². The molecule has 1 aromatic heterocycles. The molecule has 17 heavy (non-hydrogen) atoms. The van der Waals surface area contributed by atoms with Crippen LogP contribution in [0.1, 0.15) is 25.8 Å². The second-order valence-corrected chi connectivity index (χ2v) is 5.06. The van der Waals surface area contributed by atoms with E-state index in [4.69, 9.17) is 5.73 Å². The van der Waals surface area contributed by atoms with E-state index in [0.717, 1.165) is 16.5 Å². The standard InChI is InChI=1S/C13H18N3O/c1-9-6-12-10(7-11(9)14)8-16(15-12)5-4-13(2,3)17/h6-8,17H,1,4-5,14H2,2-3H3. The van der Waals surface area contributed by atoms with Crippen LogP contribution >= 0.6 is 0 Å². The molecule has 0 aliphatic rings. The fourth-order valence-corrected chi connectivity index (χ4v) is 1.69. The number of fused-ring (bicyclic) bond motifs is 1. The second kappa shape index (κ2) is 4.04. The Morgan fingerprint density at radius 1 is 1.47 bits per heavy atom. The molecule has 91 valence electrons. The van der Waals surface area contributed by atoms with E-state index in [0.29, 0.717) is 18.7 Å². The highest BCUT2D eigenvalue weighted by Gasteiger charge is 2.12.